The van der Waals surface area contributed by atoms with E-state index in [1.807, 2.05) is 0 Å². The molecule has 4 nitrogen and oxygen atoms in total. The van der Waals surface area contributed by atoms with Gasteiger partial charge >= 0.3 is 0 Å². The lowest BCUT2D eigenvalue weighted by molar-refractivity contribution is -0.121. The second-order valence-electron chi connectivity index (χ2n) is 3.53. The predicted octanol–water partition coefficient (Wildman–Crippen LogP) is 0.393. The fourth-order valence-corrected chi connectivity index (χ4v) is 1.25. The molecule has 0 heterocycles. The zero-order chi connectivity index (χ0) is 10.8. The van der Waals surface area contributed by atoms with Gasteiger partial charge in [0.2, 0.25) is 5.91 Å². The van der Waals surface area contributed by atoms with E-state index in [9.17, 15) is 4.79 Å². The Morgan fingerprint density at radius 3 is 2.79 bits per heavy atom. The Morgan fingerprint density at radius 1 is 1.50 bits per heavy atom. The Balaban J connectivity index is 3.35. The fourth-order valence-electron chi connectivity index (χ4n) is 1.25. The number of nitrogens with one attached hydrogen (secondary N) is 1. The van der Waals surface area contributed by atoms with E-state index in [0.717, 1.165) is 25.7 Å². The van der Waals surface area contributed by atoms with Gasteiger partial charge in [-0.15, -0.1) is 0 Å². The van der Waals surface area contributed by atoms with E-state index < -0.39 is 0 Å². The first-order valence-corrected chi connectivity index (χ1v) is 5.33. The number of aliphatic hydroxyl groups is 1. The van der Waals surface area contributed by atoms with Gasteiger partial charge in [0.25, 0.3) is 0 Å². The van der Waals surface area contributed by atoms with Crippen LogP contribution >= 0.6 is 0 Å². The van der Waals surface area contributed by atoms with Gasteiger partial charge in [-0.1, -0.05) is 13.3 Å². The van der Waals surface area contributed by atoms with E-state index >= 15 is 0 Å². The molecule has 14 heavy (non-hydrogen) atoms. The van der Waals surface area contributed by atoms with Crippen molar-refractivity contribution < 1.29 is 9.90 Å². The van der Waals surface area contributed by atoms with Crippen molar-refractivity contribution in [3.63, 3.8) is 0 Å². The van der Waals surface area contributed by atoms with E-state index in [-0.39, 0.29) is 18.6 Å². The molecule has 0 aliphatic rings. The largest absolute Gasteiger partial charge is 0.396 e. The highest BCUT2D eigenvalue weighted by Gasteiger charge is 2.07. The van der Waals surface area contributed by atoms with Crippen LogP contribution in [0.4, 0.5) is 0 Å². The van der Waals surface area contributed by atoms with Crippen molar-refractivity contribution in [1.29, 1.82) is 0 Å². The summed E-state index contributed by atoms with van der Waals surface area (Å²) in [5, 5.41) is 11.3. The first-order valence-electron chi connectivity index (χ1n) is 5.33. The number of hydrogen-bond acceptors (Lipinski definition) is 3. The molecule has 0 aliphatic carbocycles. The predicted molar refractivity (Wildman–Crippen MR) is 56.8 cm³/mol. The Bertz CT molecular complexity index is 151. The number of carbonyl (C=O) groups is 1. The highest BCUT2D eigenvalue weighted by molar-refractivity contribution is 5.76. The molecule has 4 N–H and O–H groups in total. The van der Waals surface area contributed by atoms with Crippen LogP contribution in [0, 0.1) is 0 Å². The molecule has 0 aliphatic heterocycles. The molecular weight excluding hydrogens is 180 g/mol. The monoisotopic (exact) mass is 202 g/mol. The molecule has 1 unspecified atom stereocenters. The second kappa shape index (κ2) is 8.97. The number of amides is 1. The summed E-state index contributed by atoms with van der Waals surface area (Å²) >= 11 is 0. The Morgan fingerprint density at radius 2 is 2.21 bits per heavy atom. The van der Waals surface area contributed by atoms with Crippen molar-refractivity contribution >= 4 is 5.91 Å². The zero-order valence-electron chi connectivity index (χ0n) is 8.96. The van der Waals surface area contributed by atoms with Crippen LogP contribution in [0.2, 0.25) is 0 Å². The highest BCUT2D eigenvalue weighted by atomic mass is 16.2. The van der Waals surface area contributed by atoms with Crippen LogP contribution in [0.1, 0.15) is 39.0 Å². The van der Waals surface area contributed by atoms with Gasteiger partial charge in [0.05, 0.1) is 0 Å². The van der Waals surface area contributed by atoms with Crippen molar-refractivity contribution in [3.8, 4) is 0 Å². The summed E-state index contributed by atoms with van der Waals surface area (Å²) in [7, 11) is 0. The summed E-state index contributed by atoms with van der Waals surface area (Å²) in [6.07, 6.45) is 3.88. The Hall–Kier alpha value is -0.610. The molecule has 1 atom stereocenters. The van der Waals surface area contributed by atoms with E-state index in [1.165, 1.54) is 0 Å². The van der Waals surface area contributed by atoms with E-state index in [4.69, 9.17) is 10.8 Å². The van der Waals surface area contributed by atoms with E-state index in [0.29, 0.717) is 13.0 Å². The van der Waals surface area contributed by atoms with Crippen LogP contribution in [0.25, 0.3) is 0 Å². The third-order valence-corrected chi connectivity index (χ3v) is 2.01. The zero-order valence-corrected chi connectivity index (χ0v) is 8.96. The molecule has 0 fully saturated rings. The number of carbonyl (C=O) groups excluding carboxylic acids is 1. The minimum absolute atomic E-state index is 0.0159. The van der Waals surface area contributed by atoms with Gasteiger partial charge < -0.3 is 16.2 Å². The normalized spacial score (nSPS) is 12.5. The average Bonchev–Trinajstić information content (AvgIpc) is 2.13. The first kappa shape index (κ1) is 13.4. The van der Waals surface area contributed by atoms with Gasteiger partial charge in [-0.05, 0) is 19.3 Å². The average molecular weight is 202 g/mol. The van der Waals surface area contributed by atoms with Crippen LogP contribution in [0.15, 0.2) is 0 Å². The molecule has 0 bridgehead atoms. The maximum Gasteiger partial charge on any atom is 0.221 e. The first-order chi connectivity index (χ1) is 6.70. The fraction of sp³-hybridized carbons (Fsp3) is 0.900. The lowest BCUT2D eigenvalue weighted by atomic mass is 10.1. The lowest BCUT2D eigenvalue weighted by Gasteiger charge is -2.10. The number of unbranched alkanes of at least 4 members (excludes halogenated alkanes) is 1. The molecule has 4 heteroatoms. The number of hydrogen-bond donors (Lipinski definition) is 3. The van der Waals surface area contributed by atoms with Gasteiger partial charge in [-0.2, -0.15) is 0 Å². The third-order valence-electron chi connectivity index (χ3n) is 2.01. The third kappa shape index (κ3) is 8.01. The molecule has 0 aromatic heterocycles. The van der Waals surface area contributed by atoms with Gasteiger partial charge in [-0.3, -0.25) is 4.79 Å². The summed E-state index contributed by atoms with van der Waals surface area (Å²) in [5.74, 6) is 0.0175. The molecule has 0 aromatic carbocycles. The maximum atomic E-state index is 11.2. The molecular formula is C10H22N2O2. The van der Waals surface area contributed by atoms with E-state index in [2.05, 4.69) is 12.2 Å². The molecule has 1 amide bonds. The molecule has 0 rings (SSSR count). The second-order valence-corrected chi connectivity index (χ2v) is 3.53. The van der Waals surface area contributed by atoms with Crippen LogP contribution < -0.4 is 11.1 Å². The minimum atomic E-state index is -0.0159. The number of rotatable bonds is 8. The van der Waals surface area contributed by atoms with Crippen LogP contribution in [0.3, 0.4) is 0 Å². The number of nitrogens with two attached hydrogens (primary N) is 1. The quantitative estimate of drug-likeness (QED) is 0.498. The van der Waals surface area contributed by atoms with Gasteiger partial charge in [0.1, 0.15) is 0 Å². The van der Waals surface area contributed by atoms with Crippen molar-refractivity contribution in [2.45, 2.75) is 45.1 Å². The summed E-state index contributed by atoms with van der Waals surface area (Å²) < 4.78 is 0. The molecule has 0 spiro atoms. The van der Waals surface area contributed by atoms with Crippen LogP contribution in [-0.2, 0) is 4.79 Å². The summed E-state index contributed by atoms with van der Waals surface area (Å²) in [6.45, 7) is 2.88. The van der Waals surface area contributed by atoms with Gasteiger partial charge in [-0.25, -0.2) is 0 Å². The summed E-state index contributed by atoms with van der Waals surface area (Å²) in [5.41, 5.74) is 5.71. The molecule has 0 radical (unpaired) electrons. The number of aliphatic hydroxyl groups excluding tert-OH is 1. The highest BCUT2D eigenvalue weighted by Crippen LogP contribution is 1.97. The molecule has 0 aromatic rings. The smallest absolute Gasteiger partial charge is 0.221 e. The Kier molecular flexibility index (Phi) is 8.57. The SMILES string of the molecule is CCCC(N)CC(=O)NCCCCO. The van der Waals surface area contributed by atoms with Gasteiger partial charge in [0.15, 0.2) is 0 Å². The summed E-state index contributed by atoms with van der Waals surface area (Å²) in [4.78, 5) is 11.2. The standard InChI is InChI=1S/C10H22N2O2/c1-2-5-9(11)8-10(14)12-6-3-4-7-13/h9,13H,2-8,11H2,1H3,(H,12,14). The van der Waals surface area contributed by atoms with Crippen LogP contribution in [0.5, 0.6) is 0 Å². The molecule has 84 valence electrons. The van der Waals surface area contributed by atoms with Crippen molar-refractivity contribution in [2.75, 3.05) is 13.2 Å². The molecule has 0 saturated heterocycles. The lowest BCUT2D eigenvalue weighted by Crippen LogP contribution is -2.32. The molecule has 0 saturated carbocycles. The minimum Gasteiger partial charge on any atom is -0.396 e. The summed E-state index contributed by atoms with van der Waals surface area (Å²) in [6, 6.07) is -0.0159. The maximum absolute atomic E-state index is 11.2. The van der Waals surface area contributed by atoms with Crippen molar-refractivity contribution in [1.82, 2.24) is 5.32 Å². The Labute approximate surface area is 85.9 Å². The van der Waals surface area contributed by atoms with Crippen molar-refractivity contribution in [3.05, 3.63) is 0 Å². The van der Waals surface area contributed by atoms with Gasteiger partial charge in [0, 0.05) is 25.6 Å². The van der Waals surface area contributed by atoms with Crippen molar-refractivity contribution in [2.24, 2.45) is 5.73 Å². The van der Waals surface area contributed by atoms with Crippen LogP contribution in [-0.4, -0.2) is 30.2 Å². The topological polar surface area (TPSA) is 75.4 Å². The van der Waals surface area contributed by atoms with E-state index in [1.54, 1.807) is 0 Å².